The predicted molar refractivity (Wildman–Crippen MR) is 72.0 cm³/mol. The van der Waals surface area contributed by atoms with Crippen LogP contribution >= 0.6 is 0 Å². The minimum Gasteiger partial charge on any atom is -0.459 e. The second-order valence-corrected chi connectivity index (χ2v) is 6.07. The zero-order valence-corrected chi connectivity index (χ0v) is 12.5. The van der Waals surface area contributed by atoms with Crippen molar-refractivity contribution in [1.29, 1.82) is 0 Å². The first-order valence-electron chi connectivity index (χ1n) is 6.66. The molecule has 0 aromatic rings. The van der Waals surface area contributed by atoms with E-state index in [4.69, 9.17) is 4.74 Å². The summed E-state index contributed by atoms with van der Waals surface area (Å²) in [5.41, 5.74) is -0.411. The van der Waals surface area contributed by atoms with Crippen LogP contribution in [0.3, 0.4) is 0 Å². The lowest BCUT2D eigenvalue weighted by atomic mass is 10.0. The molecule has 17 heavy (non-hydrogen) atoms. The summed E-state index contributed by atoms with van der Waals surface area (Å²) in [5.74, 6) is 0.378. The molecular weight excluding hydrogens is 214 g/mol. The Morgan fingerprint density at radius 2 is 1.76 bits per heavy atom. The van der Waals surface area contributed by atoms with Gasteiger partial charge in [0.15, 0.2) is 0 Å². The van der Waals surface area contributed by atoms with Gasteiger partial charge in [0.1, 0.15) is 11.6 Å². The van der Waals surface area contributed by atoms with E-state index < -0.39 is 5.60 Å². The number of hydrogen-bond donors (Lipinski definition) is 1. The van der Waals surface area contributed by atoms with Crippen molar-refractivity contribution < 1.29 is 9.53 Å². The van der Waals surface area contributed by atoms with Gasteiger partial charge >= 0.3 is 5.97 Å². The standard InChI is InChI=1S/C14H29NO2/c1-8-9-12(15-11(4)10(2)3)13(16)17-14(5,6)7/h10-12,15H,8-9H2,1-7H3. The largest absolute Gasteiger partial charge is 0.459 e. The molecule has 0 rings (SSSR count). The molecule has 0 bridgehead atoms. The van der Waals surface area contributed by atoms with Crippen molar-refractivity contribution in [3.05, 3.63) is 0 Å². The van der Waals surface area contributed by atoms with Gasteiger partial charge in [0, 0.05) is 6.04 Å². The van der Waals surface area contributed by atoms with E-state index in [0.717, 1.165) is 12.8 Å². The highest BCUT2D eigenvalue weighted by Crippen LogP contribution is 2.12. The second kappa shape index (κ2) is 7.00. The van der Waals surface area contributed by atoms with E-state index in [1.807, 2.05) is 20.8 Å². The van der Waals surface area contributed by atoms with Gasteiger partial charge in [-0.2, -0.15) is 0 Å². The Balaban J connectivity index is 4.46. The highest BCUT2D eigenvalue weighted by molar-refractivity contribution is 5.76. The molecule has 0 fully saturated rings. The van der Waals surface area contributed by atoms with Crippen LogP contribution in [0, 0.1) is 5.92 Å². The molecule has 0 heterocycles. The molecule has 3 nitrogen and oxygen atoms in total. The van der Waals surface area contributed by atoms with Gasteiger partial charge in [-0.1, -0.05) is 27.2 Å². The fourth-order valence-corrected chi connectivity index (χ4v) is 1.44. The quantitative estimate of drug-likeness (QED) is 0.728. The van der Waals surface area contributed by atoms with Crippen LogP contribution in [0.5, 0.6) is 0 Å². The Morgan fingerprint density at radius 3 is 2.12 bits per heavy atom. The zero-order valence-electron chi connectivity index (χ0n) is 12.5. The van der Waals surface area contributed by atoms with Crippen LogP contribution in [-0.4, -0.2) is 23.7 Å². The Morgan fingerprint density at radius 1 is 1.24 bits per heavy atom. The Labute approximate surface area is 106 Å². The summed E-state index contributed by atoms with van der Waals surface area (Å²) >= 11 is 0. The zero-order chi connectivity index (χ0) is 13.6. The lowest BCUT2D eigenvalue weighted by molar-refractivity contribution is -0.158. The maximum absolute atomic E-state index is 12.0. The second-order valence-electron chi connectivity index (χ2n) is 6.07. The first-order valence-corrected chi connectivity index (χ1v) is 6.66. The molecule has 2 atom stereocenters. The molecule has 0 aromatic heterocycles. The molecule has 0 saturated heterocycles. The topological polar surface area (TPSA) is 38.3 Å². The molecule has 0 radical (unpaired) electrons. The normalized spacial score (nSPS) is 15.8. The van der Waals surface area contributed by atoms with Crippen LogP contribution in [0.4, 0.5) is 0 Å². The predicted octanol–water partition coefficient (Wildman–Crippen LogP) is 3.13. The number of hydrogen-bond acceptors (Lipinski definition) is 3. The number of ether oxygens (including phenoxy) is 1. The lowest BCUT2D eigenvalue weighted by Gasteiger charge is -2.27. The highest BCUT2D eigenvalue weighted by atomic mass is 16.6. The van der Waals surface area contributed by atoms with Crippen LogP contribution in [0.15, 0.2) is 0 Å². The average molecular weight is 243 g/mol. The van der Waals surface area contributed by atoms with Crippen molar-refractivity contribution >= 4 is 5.97 Å². The van der Waals surface area contributed by atoms with Crippen molar-refractivity contribution in [2.45, 2.75) is 79.0 Å². The van der Waals surface area contributed by atoms with Crippen molar-refractivity contribution in [3.63, 3.8) is 0 Å². The van der Waals surface area contributed by atoms with Gasteiger partial charge in [-0.05, 0) is 40.0 Å². The van der Waals surface area contributed by atoms with Gasteiger partial charge in [0.2, 0.25) is 0 Å². The van der Waals surface area contributed by atoms with E-state index in [2.05, 4.69) is 33.0 Å². The van der Waals surface area contributed by atoms with Crippen molar-refractivity contribution in [3.8, 4) is 0 Å². The number of nitrogens with one attached hydrogen (secondary N) is 1. The molecule has 1 N–H and O–H groups in total. The van der Waals surface area contributed by atoms with Crippen LogP contribution in [0.25, 0.3) is 0 Å². The minimum atomic E-state index is -0.411. The molecule has 0 aliphatic heterocycles. The maximum atomic E-state index is 12.0. The van der Waals surface area contributed by atoms with Crippen molar-refractivity contribution in [2.75, 3.05) is 0 Å². The summed E-state index contributed by atoms with van der Waals surface area (Å²) < 4.78 is 5.43. The van der Waals surface area contributed by atoms with Crippen LogP contribution in [-0.2, 0) is 9.53 Å². The van der Waals surface area contributed by atoms with Gasteiger partial charge in [0.05, 0.1) is 0 Å². The van der Waals surface area contributed by atoms with Crippen LogP contribution < -0.4 is 5.32 Å². The fraction of sp³-hybridized carbons (Fsp3) is 0.929. The molecule has 2 unspecified atom stereocenters. The van der Waals surface area contributed by atoms with Crippen LogP contribution in [0.1, 0.15) is 61.3 Å². The summed E-state index contributed by atoms with van der Waals surface area (Å²) in [7, 11) is 0. The van der Waals surface area contributed by atoms with Crippen LogP contribution in [0.2, 0.25) is 0 Å². The van der Waals surface area contributed by atoms with E-state index in [1.165, 1.54) is 0 Å². The third-order valence-corrected chi connectivity index (χ3v) is 2.73. The maximum Gasteiger partial charge on any atom is 0.323 e. The monoisotopic (exact) mass is 243 g/mol. The fourth-order valence-electron chi connectivity index (χ4n) is 1.44. The Kier molecular flexibility index (Phi) is 6.76. The van der Waals surface area contributed by atoms with E-state index in [0.29, 0.717) is 12.0 Å². The van der Waals surface area contributed by atoms with Crippen molar-refractivity contribution in [2.24, 2.45) is 5.92 Å². The smallest absolute Gasteiger partial charge is 0.323 e. The van der Waals surface area contributed by atoms with Gasteiger partial charge in [0.25, 0.3) is 0 Å². The van der Waals surface area contributed by atoms with Gasteiger partial charge < -0.3 is 10.1 Å². The van der Waals surface area contributed by atoms with Crippen molar-refractivity contribution in [1.82, 2.24) is 5.32 Å². The highest BCUT2D eigenvalue weighted by Gasteiger charge is 2.26. The molecule has 0 aliphatic rings. The minimum absolute atomic E-state index is 0.133. The van der Waals surface area contributed by atoms with E-state index in [9.17, 15) is 4.79 Å². The van der Waals surface area contributed by atoms with E-state index in [1.54, 1.807) is 0 Å². The first kappa shape index (κ1) is 16.4. The summed E-state index contributed by atoms with van der Waals surface area (Å²) in [6, 6.07) is 0.135. The first-order chi connectivity index (χ1) is 7.67. The third-order valence-electron chi connectivity index (χ3n) is 2.73. The lowest BCUT2D eigenvalue weighted by Crippen LogP contribution is -2.46. The summed E-state index contributed by atoms with van der Waals surface area (Å²) in [5, 5.41) is 3.37. The molecule has 0 aromatic carbocycles. The number of carbonyl (C=O) groups excluding carboxylic acids is 1. The molecule has 102 valence electrons. The van der Waals surface area contributed by atoms with Gasteiger partial charge in [-0.25, -0.2) is 0 Å². The SMILES string of the molecule is CCCC(NC(C)C(C)C)C(=O)OC(C)(C)C. The van der Waals surface area contributed by atoms with Gasteiger partial charge in [-0.3, -0.25) is 4.79 Å². The number of esters is 1. The molecular formula is C14H29NO2. The van der Waals surface area contributed by atoms with Gasteiger partial charge in [-0.15, -0.1) is 0 Å². The third kappa shape index (κ3) is 7.37. The number of rotatable bonds is 6. The number of carbonyl (C=O) groups is 1. The molecule has 3 heteroatoms. The molecule has 0 aliphatic carbocycles. The molecule has 0 spiro atoms. The summed E-state index contributed by atoms with van der Waals surface area (Å²) in [6.45, 7) is 14.2. The summed E-state index contributed by atoms with van der Waals surface area (Å²) in [4.78, 5) is 12.0. The van der Waals surface area contributed by atoms with E-state index >= 15 is 0 Å². The Bertz CT molecular complexity index is 231. The molecule has 0 saturated carbocycles. The van der Waals surface area contributed by atoms with E-state index in [-0.39, 0.29) is 12.0 Å². The Hall–Kier alpha value is -0.570. The summed E-state index contributed by atoms with van der Waals surface area (Å²) in [6.07, 6.45) is 1.80. The molecule has 0 amide bonds. The average Bonchev–Trinajstić information content (AvgIpc) is 2.13.